The van der Waals surface area contributed by atoms with Gasteiger partial charge in [-0.25, -0.2) is 0 Å². The van der Waals surface area contributed by atoms with Crippen LogP contribution in [0.3, 0.4) is 0 Å². The molecule has 1 unspecified atom stereocenters. The van der Waals surface area contributed by atoms with Crippen molar-refractivity contribution in [2.24, 2.45) is 0 Å². The molecule has 0 saturated carbocycles. The maximum absolute atomic E-state index is 5.66. The van der Waals surface area contributed by atoms with E-state index in [1.807, 2.05) is 26.1 Å². The zero-order valence-electron chi connectivity index (χ0n) is 8.75. The third kappa shape index (κ3) is 2.64. The molecule has 1 heterocycles. The van der Waals surface area contributed by atoms with Gasteiger partial charge in [0, 0.05) is 6.54 Å². The minimum Gasteiger partial charge on any atom is -0.486 e. The summed E-state index contributed by atoms with van der Waals surface area (Å²) in [4.78, 5) is 0. The first-order valence-electron chi connectivity index (χ1n) is 4.75. The van der Waals surface area contributed by atoms with Crippen LogP contribution in [-0.4, -0.2) is 26.3 Å². The van der Waals surface area contributed by atoms with Gasteiger partial charge in [0.1, 0.15) is 12.7 Å². The van der Waals surface area contributed by atoms with Gasteiger partial charge in [0.15, 0.2) is 11.5 Å². The number of nitrogens with one attached hydrogen (secondary N) is 1. The molecule has 3 heteroatoms. The molecule has 1 aliphatic rings. The molecule has 0 bridgehead atoms. The highest BCUT2D eigenvalue weighted by atomic mass is 16.6. The van der Waals surface area contributed by atoms with Crippen LogP contribution in [-0.2, 0) is 9.47 Å². The van der Waals surface area contributed by atoms with Gasteiger partial charge in [-0.1, -0.05) is 12.7 Å². The maximum atomic E-state index is 5.66. The summed E-state index contributed by atoms with van der Waals surface area (Å²) in [6.07, 6.45) is 5.55. The predicted molar refractivity (Wildman–Crippen MR) is 56.8 cm³/mol. The Morgan fingerprint density at radius 2 is 2.36 bits per heavy atom. The Morgan fingerprint density at radius 1 is 1.57 bits per heavy atom. The monoisotopic (exact) mass is 195 g/mol. The molecule has 0 aromatic rings. The fourth-order valence-corrected chi connectivity index (χ4v) is 1.28. The Hall–Kier alpha value is -1.22. The Labute approximate surface area is 85.1 Å². The first kappa shape index (κ1) is 10.9. The van der Waals surface area contributed by atoms with Crippen molar-refractivity contribution < 1.29 is 9.47 Å². The van der Waals surface area contributed by atoms with Gasteiger partial charge in [0.25, 0.3) is 0 Å². The third-order valence-electron chi connectivity index (χ3n) is 1.90. The van der Waals surface area contributed by atoms with E-state index in [9.17, 15) is 0 Å². The summed E-state index contributed by atoms with van der Waals surface area (Å²) in [6.45, 7) is 6.99. The summed E-state index contributed by atoms with van der Waals surface area (Å²) in [6, 6.07) is 0. The molecule has 0 aromatic carbocycles. The van der Waals surface area contributed by atoms with Crippen molar-refractivity contribution in [2.45, 2.75) is 13.0 Å². The van der Waals surface area contributed by atoms with Crippen LogP contribution in [0.25, 0.3) is 0 Å². The minimum atomic E-state index is 0.0713. The Bertz CT molecular complexity index is 256. The summed E-state index contributed by atoms with van der Waals surface area (Å²) in [5.41, 5.74) is 0. The molecular formula is C11H17NO2. The Balaban J connectivity index is 2.69. The van der Waals surface area contributed by atoms with Crippen molar-refractivity contribution in [3.05, 3.63) is 36.3 Å². The van der Waals surface area contributed by atoms with Crippen LogP contribution in [0.5, 0.6) is 0 Å². The summed E-state index contributed by atoms with van der Waals surface area (Å²) < 4.78 is 11.2. The largest absolute Gasteiger partial charge is 0.486 e. The summed E-state index contributed by atoms with van der Waals surface area (Å²) in [5.74, 6) is 1.48. The SMILES string of the molecule is C=CC1=C(/C=C\C)OCC(CNC)O1. The molecule has 3 nitrogen and oxygen atoms in total. The quantitative estimate of drug-likeness (QED) is 0.739. The van der Waals surface area contributed by atoms with Crippen molar-refractivity contribution >= 4 is 0 Å². The molecule has 78 valence electrons. The standard InChI is InChI=1S/C11H17NO2/c1-4-6-11-10(5-2)14-9(7-12-3)8-13-11/h4-6,9,12H,2,7-8H2,1,3H3/b6-4-. The normalized spacial score (nSPS) is 22.0. The third-order valence-corrected chi connectivity index (χ3v) is 1.90. The van der Waals surface area contributed by atoms with Gasteiger partial charge in [0.2, 0.25) is 0 Å². The van der Waals surface area contributed by atoms with E-state index in [0.717, 1.165) is 18.1 Å². The van der Waals surface area contributed by atoms with Crippen molar-refractivity contribution in [3.63, 3.8) is 0 Å². The van der Waals surface area contributed by atoms with Gasteiger partial charge in [-0.3, -0.25) is 0 Å². The smallest absolute Gasteiger partial charge is 0.161 e. The van der Waals surface area contributed by atoms with Gasteiger partial charge in [-0.15, -0.1) is 0 Å². The number of allylic oxidation sites excluding steroid dienone is 3. The second-order valence-corrected chi connectivity index (χ2v) is 3.04. The van der Waals surface area contributed by atoms with Crippen LogP contribution in [0.15, 0.2) is 36.3 Å². The van der Waals surface area contributed by atoms with Gasteiger partial charge in [-0.05, 0) is 26.1 Å². The number of ether oxygens (including phenoxy) is 2. The van der Waals surface area contributed by atoms with Gasteiger partial charge < -0.3 is 14.8 Å². The second kappa shape index (κ2) is 5.50. The number of rotatable bonds is 4. The molecule has 0 aromatic heterocycles. The van der Waals surface area contributed by atoms with E-state index >= 15 is 0 Å². The highest BCUT2D eigenvalue weighted by Crippen LogP contribution is 2.19. The molecule has 1 aliphatic heterocycles. The molecule has 0 saturated heterocycles. The lowest BCUT2D eigenvalue weighted by Gasteiger charge is -2.26. The van der Waals surface area contributed by atoms with Gasteiger partial charge >= 0.3 is 0 Å². The predicted octanol–water partition coefficient (Wildman–Crippen LogP) is 1.59. The lowest BCUT2D eigenvalue weighted by molar-refractivity contribution is 0.00979. The average molecular weight is 195 g/mol. The topological polar surface area (TPSA) is 30.5 Å². The number of likely N-dealkylation sites (N-methyl/N-ethyl adjacent to an activating group) is 1. The van der Waals surface area contributed by atoms with Crippen LogP contribution in [0, 0.1) is 0 Å². The van der Waals surface area contributed by atoms with E-state index < -0.39 is 0 Å². The van der Waals surface area contributed by atoms with Crippen molar-refractivity contribution in [1.82, 2.24) is 5.32 Å². The molecule has 14 heavy (non-hydrogen) atoms. The van der Waals surface area contributed by atoms with Crippen LogP contribution in [0.4, 0.5) is 0 Å². The van der Waals surface area contributed by atoms with E-state index in [0.29, 0.717) is 6.61 Å². The number of hydrogen-bond acceptors (Lipinski definition) is 3. The lowest BCUT2D eigenvalue weighted by Crippen LogP contribution is -2.33. The number of hydrogen-bond donors (Lipinski definition) is 1. The maximum Gasteiger partial charge on any atom is 0.161 e. The molecular weight excluding hydrogens is 178 g/mol. The molecule has 1 atom stereocenters. The van der Waals surface area contributed by atoms with Crippen molar-refractivity contribution in [2.75, 3.05) is 20.2 Å². The van der Waals surface area contributed by atoms with Crippen molar-refractivity contribution in [1.29, 1.82) is 0 Å². The van der Waals surface area contributed by atoms with E-state index in [1.54, 1.807) is 6.08 Å². The van der Waals surface area contributed by atoms with Gasteiger partial charge in [0.05, 0.1) is 0 Å². The second-order valence-electron chi connectivity index (χ2n) is 3.04. The van der Waals surface area contributed by atoms with Gasteiger partial charge in [-0.2, -0.15) is 0 Å². The molecule has 1 rings (SSSR count). The zero-order valence-corrected chi connectivity index (χ0v) is 8.75. The van der Waals surface area contributed by atoms with Crippen molar-refractivity contribution in [3.8, 4) is 0 Å². The van der Waals surface area contributed by atoms with Crippen LogP contribution in [0.1, 0.15) is 6.92 Å². The zero-order chi connectivity index (χ0) is 10.4. The summed E-state index contributed by atoms with van der Waals surface area (Å²) in [7, 11) is 1.89. The summed E-state index contributed by atoms with van der Waals surface area (Å²) in [5, 5.41) is 3.05. The van der Waals surface area contributed by atoms with E-state index in [2.05, 4.69) is 11.9 Å². The Morgan fingerprint density at radius 3 is 2.93 bits per heavy atom. The van der Waals surface area contributed by atoms with E-state index in [4.69, 9.17) is 9.47 Å². The van der Waals surface area contributed by atoms with Crippen LogP contribution < -0.4 is 5.32 Å². The first-order chi connectivity index (χ1) is 6.81. The highest BCUT2D eigenvalue weighted by molar-refractivity contribution is 5.24. The molecule has 0 spiro atoms. The van der Waals surface area contributed by atoms with E-state index in [1.165, 1.54) is 0 Å². The van der Waals surface area contributed by atoms with Crippen LogP contribution >= 0.6 is 0 Å². The fraction of sp³-hybridized carbons (Fsp3) is 0.455. The highest BCUT2D eigenvalue weighted by Gasteiger charge is 2.19. The fourth-order valence-electron chi connectivity index (χ4n) is 1.28. The van der Waals surface area contributed by atoms with Crippen LogP contribution in [0.2, 0.25) is 0 Å². The Kier molecular flexibility index (Phi) is 4.26. The van der Waals surface area contributed by atoms with E-state index in [-0.39, 0.29) is 6.10 Å². The molecule has 0 fully saturated rings. The first-order valence-corrected chi connectivity index (χ1v) is 4.75. The summed E-state index contributed by atoms with van der Waals surface area (Å²) >= 11 is 0. The molecule has 0 radical (unpaired) electrons. The average Bonchev–Trinajstić information content (AvgIpc) is 2.21. The lowest BCUT2D eigenvalue weighted by atomic mass is 10.3. The molecule has 0 aliphatic carbocycles. The molecule has 1 N–H and O–H groups in total. The minimum absolute atomic E-state index is 0.0713. The molecule has 0 amide bonds.